The minimum atomic E-state index is 0.0447. The summed E-state index contributed by atoms with van der Waals surface area (Å²) in [5.74, 6) is 0.979. The molecule has 0 fully saturated rings. The van der Waals surface area contributed by atoms with Crippen LogP contribution in [0, 0.1) is 0 Å². The molecule has 0 unspecified atom stereocenters. The summed E-state index contributed by atoms with van der Waals surface area (Å²) in [6.07, 6.45) is 3.15. The number of methoxy groups -OCH3 is 1. The number of ether oxygens (including phenoxy) is 1. The number of rotatable bonds is 4. The van der Waals surface area contributed by atoms with Gasteiger partial charge in [0.15, 0.2) is 23.0 Å². The molecular weight excluding hydrogens is 400 g/mol. The van der Waals surface area contributed by atoms with Gasteiger partial charge in [-0.1, -0.05) is 24.3 Å². The molecule has 26 heavy (non-hydrogen) atoms. The number of aromatic nitrogens is 4. The molecule has 0 aliphatic rings. The molecule has 0 bridgehead atoms. The van der Waals surface area contributed by atoms with Crippen LogP contribution in [-0.2, 0) is 0 Å². The zero-order chi connectivity index (χ0) is 18.1. The number of benzene rings is 2. The lowest BCUT2D eigenvalue weighted by Gasteiger charge is -2.07. The first kappa shape index (κ1) is 16.3. The lowest BCUT2D eigenvalue weighted by atomic mass is 10.2. The van der Waals surface area contributed by atoms with Crippen LogP contribution in [0.15, 0.2) is 52.3 Å². The lowest BCUT2D eigenvalue weighted by Crippen LogP contribution is -2.00. The lowest BCUT2D eigenvalue weighted by molar-refractivity contribution is 0.372. The van der Waals surface area contributed by atoms with Crippen molar-refractivity contribution < 1.29 is 9.84 Å². The second-order valence-corrected chi connectivity index (χ2v) is 6.27. The molecular formula is C17H13BrN6O2. The predicted octanol–water partition coefficient (Wildman–Crippen LogP) is 3.20. The third-order valence-electron chi connectivity index (χ3n) is 3.82. The van der Waals surface area contributed by atoms with Gasteiger partial charge in [0, 0.05) is 10.8 Å². The third-order valence-corrected chi connectivity index (χ3v) is 4.42. The number of phenols is 1. The van der Waals surface area contributed by atoms with Gasteiger partial charge in [0.1, 0.15) is 6.33 Å². The predicted molar refractivity (Wildman–Crippen MR) is 102 cm³/mol. The summed E-state index contributed by atoms with van der Waals surface area (Å²) >= 11 is 3.29. The topological polar surface area (TPSA) is 96.9 Å². The van der Waals surface area contributed by atoms with Crippen molar-refractivity contribution in [3.05, 3.63) is 52.8 Å². The van der Waals surface area contributed by atoms with Crippen molar-refractivity contribution in [1.82, 2.24) is 19.8 Å². The number of hydrogen-bond donors (Lipinski definition) is 2. The van der Waals surface area contributed by atoms with Gasteiger partial charge in [0.25, 0.3) is 0 Å². The Kier molecular flexibility index (Phi) is 4.13. The molecule has 0 saturated carbocycles. The third kappa shape index (κ3) is 2.82. The maximum absolute atomic E-state index is 9.87. The summed E-state index contributed by atoms with van der Waals surface area (Å²) in [5, 5.41) is 28.4. The van der Waals surface area contributed by atoms with Crippen LogP contribution >= 0.6 is 15.9 Å². The van der Waals surface area contributed by atoms with Gasteiger partial charge in [-0.2, -0.15) is 9.62 Å². The Hall–Kier alpha value is -3.20. The van der Waals surface area contributed by atoms with E-state index in [9.17, 15) is 5.11 Å². The molecule has 4 rings (SSSR count). The van der Waals surface area contributed by atoms with Gasteiger partial charge in [-0.25, -0.2) is 0 Å². The Balaban J connectivity index is 1.69. The smallest absolute Gasteiger partial charge is 0.185 e. The Morgan fingerprint density at radius 1 is 1.27 bits per heavy atom. The van der Waals surface area contributed by atoms with Crippen LogP contribution in [0.5, 0.6) is 11.5 Å². The van der Waals surface area contributed by atoms with E-state index < -0.39 is 0 Å². The van der Waals surface area contributed by atoms with E-state index in [0.29, 0.717) is 21.7 Å². The molecule has 9 heteroatoms. The van der Waals surface area contributed by atoms with Gasteiger partial charge in [-0.15, -0.1) is 15.3 Å². The number of hydrazone groups is 1. The van der Waals surface area contributed by atoms with Gasteiger partial charge < -0.3 is 9.84 Å². The molecule has 2 aromatic carbocycles. The molecule has 0 amide bonds. The molecule has 8 nitrogen and oxygen atoms in total. The van der Waals surface area contributed by atoms with Crippen molar-refractivity contribution >= 4 is 44.4 Å². The highest BCUT2D eigenvalue weighted by Crippen LogP contribution is 2.34. The Bertz CT molecular complexity index is 1140. The molecule has 4 aromatic rings. The fourth-order valence-electron chi connectivity index (χ4n) is 2.60. The highest BCUT2D eigenvalue weighted by Gasteiger charge is 2.10. The second-order valence-electron chi connectivity index (χ2n) is 5.42. The molecule has 2 heterocycles. The van der Waals surface area contributed by atoms with E-state index in [2.05, 4.69) is 41.8 Å². The van der Waals surface area contributed by atoms with E-state index in [1.54, 1.807) is 29.2 Å². The van der Waals surface area contributed by atoms with Crippen LogP contribution in [0.2, 0.25) is 0 Å². The molecule has 130 valence electrons. The van der Waals surface area contributed by atoms with Gasteiger partial charge in [-0.05, 0) is 33.6 Å². The monoisotopic (exact) mass is 412 g/mol. The first-order valence-corrected chi connectivity index (χ1v) is 8.41. The maximum atomic E-state index is 9.87. The molecule has 0 spiro atoms. The van der Waals surface area contributed by atoms with E-state index >= 15 is 0 Å². The number of anilines is 1. The Morgan fingerprint density at radius 3 is 2.88 bits per heavy atom. The highest BCUT2D eigenvalue weighted by molar-refractivity contribution is 9.10. The van der Waals surface area contributed by atoms with Gasteiger partial charge in [-0.3, -0.25) is 5.43 Å². The number of aromatic hydroxyl groups is 1. The molecule has 0 aliphatic heterocycles. The van der Waals surface area contributed by atoms with Crippen molar-refractivity contribution in [3.8, 4) is 11.5 Å². The van der Waals surface area contributed by atoms with E-state index in [4.69, 9.17) is 4.74 Å². The zero-order valence-corrected chi connectivity index (χ0v) is 15.2. The number of nitrogens with zero attached hydrogens (tertiary/aromatic N) is 5. The second kappa shape index (κ2) is 6.60. The average Bonchev–Trinajstić information content (AvgIpc) is 3.13. The quantitative estimate of drug-likeness (QED) is 0.394. The van der Waals surface area contributed by atoms with Crippen LogP contribution in [0.3, 0.4) is 0 Å². The summed E-state index contributed by atoms with van der Waals surface area (Å²) in [7, 11) is 1.49. The normalized spacial score (nSPS) is 11.5. The summed E-state index contributed by atoms with van der Waals surface area (Å²) in [6, 6.07) is 11.2. The summed E-state index contributed by atoms with van der Waals surface area (Å²) < 4.78 is 7.26. The van der Waals surface area contributed by atoms with Gasteiger partial charge in [0.05, 0.1) is 17.8 Å². The molecule has 2 N–H and O–H groups in total. The first-order chi connectivity index (χ1) is 12.7. The fourth-order valence-corrected chi connectivity index (χ4v) is 3.06. The molecule has 0 radical (unpaired) electrons. The maximum Gasteiger partial charge on any atom is 0.185 e. The van der Waals surface area contributed by atoms with Crippen molar-refractivity contribution in [3.63, 3.8) is 0 Å². The minimum absolute atomic E-state index is 0.0447. The molecule has 2 aromatic heterocycles. The standard InChI is InChI=1S/C17H13BrN6O2/c1-26-14-7-10(6-13(18)15(14)25)8-19-21-16-11-4-2-3-5-12(11)17-22-20-9-24(17)23-16/h2-9,25H,1H3,(H,21,23)/b19-8+. The van der Waals surface area contributed by atoms with Gasteiger partial charge in [0.2, 0.25) is 0 Å². The van der Waals surface area contributed by atoms with Crippen LogP contribution in [0.1, 0.15) is 5.56 Å². The number of hydrogen-bond acceptors (Lipinski definition) is 7. The van der Waals surface area contributed by atoms with E-state index in [-0.39, 0.29) is 5.75 Å². The van der Waals surface area contributed by atoms with Crippen LogP contribution in [-0.4, -0.2) is 38.2 Å². The summed E-state index contributed by atoms with van der Waals surface area (Å²) in [4.78, 5) is 0. The molecule has 0 saturated heterocycles. The van der Waals surface area contributed by atoms with E-state index in [1.807, 2.05) is 24.3 Å². The fraction of sp³-hybridized carbons (Fsp3) is 0.0588. The molecule has 0 aliphatic carbocycles. The summed E-state index contributed by atoms with van der Waals surface area (Å²) in [6.45, 7) is 0. The first-order valence-electron chi connectivity index (χ1n) is 7.61. The van der Waals surface area contributed by atoms with Crippen molar-refractivity contribution in [1.29, 1.82) is 0 Å². The number of nitrogens with one attached hydrogen (secondary N) is 1. The zero-order valence-electron chi connectivity index (χ0n) is 13.6. The van der Waals surface area contributed by atoms with Crippen LogP contribution in [0.4, 0.5) is 5.82 Å². The SMILES string of the molecule is COc1cc(/C=N/Nc2nn3cnnc3c3ccccc23)cc(Br)c1O. The Morgan fingerprint density at radius 2 is 2.08 bits per heavy atom. The minimum Gasteiger partial charge on any atom is -0.503 e. The van der Waals surface area contributed by atoms with Crippen LogP contribution in [0.25, 0.3) is 16.4 Å². The largest absolute Gasteiger partial charge is 0.503 e. The number of phenolic OH excluding ortho intramolecular Hbond substituents is 1. The van der Waals surface area contributed by atoms with Crippen molar-refractivity contribution in [2.45, 2.75) is 0 Å². The number of halogens is 1. The van der Waals surface area contributed by atoms with E-state index in [0.717, 1.165) is 16.3 Å². The Labute approximate surface area is 156 Å². The summed E-state index contributed by atoms with van der Waals surface area (Å²) in [5.41, 5.74) is 4.38. The number of fused-ring (bicyclic) bond motifs is 3. The van der Waals surface area contributed by atoms with Crippen molar-refractivity contribution in [2.24, 2.45) is 5.10 Å². The van der Waals surface area contributed by atoms with E-state index in [1.165, 1.54) is 7.11 Å². The van der Waals surface area contributed by atoms with Crippen molar-refractivity contribution in [2.75, 3.05) is 12.5 Å². The van der Waals surface area contributed by atoms with Gasteiger partial charge >= 0.3 is 0 Å². The highest BCUT2D eigenvalue weighted by atomic mass is 79.9. The molecule has 0 atom stereocenters. The van der Waals surface area contributed by atoms with Crippen LogP contribution < -0.4 is 10.2 Å². The average molecular weight is 413 g/mol.